The number of carbonyl (C=O) groups excluding carboxylic acids is 2. The van der Waals surface area contributed by atoms with Crippen molar-refractivity contribution in [2.45, 2.75) is 39.8 Å². The molecule has 4 heterocycles. The van der Waals surface area contributed by atoms with Crippen LogP contribution in [0.1, 0.15) is 48.8 Å². The number of carbonyl (C=O) groups is 2. The van der Waals surface area contributed by atoms with Crippen LogP contribution >= 0.6 is 0 Å². The van der Waals surface area contributed by atoms with E-state index in [4.69, 9.17) is 9.47 Å². The zero-order valence-corrected chi connectivity index (χ0v) is 23.0. The molecule has 0 spiro atoms. The number of Topliss-reactive ketones (excluding diaryl/α,β-unsaturated/α-hetero) is 1. The fourth-order valence-corrected chi connectivity index (χ4v) is 4.98. The zero-order chi connectivity index (χ0) is 28.4. The Balaban J connectivity index is 1.65. The van der Waals surface area contributed by atoms with Crippen LogP contribution in [0.5, 0.6) is 11.5 Å². The quantitative estimate of drug-likeness (QED) is 0.179. The number of ether oxygens (including phenoxy) is 2. The fraction of sp³-hybridized carbons (Fsp3) is 0.290. The van der Waals surface area contributed by atoms with Crippen LogP contribution in [-0.4, -0.2) is 49.8 Å². The van der Waals surface area contributed by atoms with E-state index >= 15 is 0 Å². The number of aryl methyl sites for hydroxylation is 1. The maximum absolute atomic E-state index is 13.6. The van der Waals surface area contributed by atoms with Crippen molar-refractivity contribution in [1.82, 2.24) is 19.3 Å². The summed E-state index contributed by atoms with van der Waals surface area (Å²) >= 11 is 0. The lowest BCUT2D eigenvalue weighted by Crippen LogP contribution is -2.29. The number of amides is 1. The van der Waals surface area contributed by atoms with Crippen LogP contribution in [0.2, 0.25) is 0 Å². The van der Waals surface area contributed by atoms with Gasteiger partial charge in [0, 0.05) is 25.1 Å². The van der Waals surface area contributed by atoms with Crippen molar-refractivity contribution in [2.75, 3.05) is 13.7 Å². The molecular formula is C31H32N4O5. The minimum absolute atomic E-state index is 0.0156. The molecule has 3 aromatic heterocycles. The predicted molar refractivity (Wildman–Crippen MR) is 150 cm³/mol. The average molecular weight is 541 g/mol. The number of hydrogen-bond acceptors (Lipinski definition) is 7. The molecule has 1 saturated heterocycles. The molecule has 1 aromatic carbocycles. The third-order valence-corrected chi connectivity index (χ3v) is 7.00. The molecule has 4 aromatic rings. The number of likely N-dealkylation sites (tertiary alicyclic amines) is 1. The van der Waals surface area contributed by atoms with Gasteiger partial charge in [-0.05, 0) is 60.7 Å². The van der Waals surface area contributed by atoms with Crippen molar-refractivity contribution in [3.8, 4) is 11.5 Å². The lowest BCUT2D eigenvalue weighted by molar-refractivity contribution is -0.140. The van der Waals surface area contributed by atoms with Gasteiger partial charge in [-0.1, -0.05) is 32.0 Å². The van der Waals surface area contributed by atoms with Crippen molar-refractivity contribution < 1.29 is 24.2 Å². The van der Waals surface area contributed by atoms with E-state index in [1.165, 1.54) is 4.90 Å². The Morgan fingerprint density at radius 2 is 1.93 bits per heavy atom. The molecule has 0 radical (unpaired) electrons. The van der Waals surface area contributed by atoms with Crippen LogP contribution < -0.4 is 9.47 Å². The first-order chi connectivity index (χ1) is 19.3. The van der Waals surface area contributed by atoms with E-state index in [1.807, 2.05) is 24.3 Å². The molecule has 0 saturated carbocycles. The third-order valence-electron chi connectivity index (χ3n) is 7.00. The van der Waals surface area contributed by atoms with Gasteiger partial charge < -0.3 is 19.5 Å². The number of imidazole rings is 1. The van der Waals surface area contributed by atoms with Gasteiger partial charge in [-0.3, -0.25) is 19.0 Å². The highest BCUT2D eigenvalue weighted by Crippen LogP contribution is 2.43. The maximum atomic E-state index is 13.6. The Bertz CT molecular complexity index is 1590. The van der Waals surface area contributed by atoms with Gasteiger partial charge in [0.05, 0.1) is 31.0 Å². The molecule has 1 atom stereocenters. The van der Waals surface area contributed by atoms with Gasteiger partial charge >= 0.3 is 0 Å². The normalized spacial score (nSPS) is 16.7. The Hall–Kier alpha value is -4.66. The average Bonchev–Trinajstić information content (AvgIpc) is 3.41. The molecule has 9 nitrogen and oxygen atoms in total. The summed E-state index contributed by atoms with van der Waals surface area (Å²) in [4.78, 5) is 37.2. The summed E-state index contributed by atoms with van der Waals surface area (Å²) in [6.07, 6.45) is 5.94. The van der Waals surface area contributed by atoms with Crippen molar-refractivity contribution >= 4 is 23.1 Å². The summed E-state index contributed by atoms with van der Waals surface area (Å²) in [5.74, 6) is -0.246. The summed E-state index contributed by atoms with van der Waals surface area (Å²) in [7, 11) is 1.54. The lowest BCUT2D eigenvalue weighted by atomic mass is 9.95. The monoisotopic (exact) mass is 540 g/mol. The summed E-state index contributed by atoms with van der Waals surface area (Å²) in [5, 5.41) is 11.7. The summed E-state index contributed by atoms with van der Waals surface area (Å²) in [6.45, 7) is 6.66. The molecule has 1 unspecified atom stereocenters. The van der Waals surface area contributed by atoms with Gasteiger partial charge in [-0.15, -0.1) is 0 Å². The first kappa shape index (κ1) is 26.9. The maximum Gasteiger partial charge on any atom is 0.295 e. The fourth-order valence-electron chi connectivity index (χ4n) is 4.98. The summed E-state index contributed by atoms with van der Waals surface area (Å²) in [6, 6.07) is 13.5. The Morgan fingerprint density at radius 3 is 2.65 bits per heavy atom. The minimum Gasteiger partial charge on any atom is -0.505 e. The highest BCUT2D eigenvalue weighted by molar-refractivity contribution is 6.46. The van der Waals surface area contributed by atoms with Crippen molar-refractivity contribution in [3.05, 3.63) is 95.2 Å². The molecule has 1 aliphatic rings. The van der Waals surface area contributed by atoms with Crippen LogP contribution in [0.3, 0.4) is 0 Å². The highest BCUT2D eigenvalue weighted by atomic mass is 16.5. The Morgan fingerprint density at radius 1 is 1.10 bits per heavy atom. The number of rotatable bonds is 9. The van der Waals surface area contributed by atoms with E-state index in [0.717, 1.165) is 12.0 Å². The van der Waals surface area contributed by atoms with Crippen LogP contribution in [0.4, 0.5) is 0 Å². The number of pyridine rings is 2. The second kappa shape index (κ2) is 11.2. The van der Waals surface area contributed by atoms with Crippen LogP contribution in [0.15, 0.2) is 72.7 Å². The number of aromatic nitrogens is 3. The first-order valence-electron chi connectivity index (χ1n) is 13.2. The van der Waals surface area contributed by atoms with E-state index in [0.29, 0.717) is 46.6 Å². The molecule has 0 bridgehead atoms. The van der Waals surface area contributed by atoms with Crippen LogP contribution in [-0.2, 0) is 16.1 Å². The molecule has 5 rings (SSSR count). The number of nitrogens with zero attached hydrogens (tertiary/aromatic N) is 4. The second-order valence-electron chi connectivity index (χ2n) is 10.2. The smallest absolute Gasteiger partial charge is 0.295 e. The Labute approximate surface area is 232 Å². The van der Waals surface area contributed by atoms with E-state index in [1.54, 1.807) is 61.3 Å². The summed E-state index contributed by atoms with van der Waals surface area (Å²) < 4.78 is 13.3. The lowest BCUT2D eigenvalue weighted by Gasteiger charge is -2.26. The number of benzene rings is 1. The molecule has 1 fully saturated rings. The van der Waals surface area contributed by atoms with Gasteiger partial charge in [0.1, 0.15) is 11.3 Å². The molecule has 1 aliphatic heterocycles. The topological polar surface area (TPSA) is 106 Å². The van der Waals surface area contributed by atoms with Gasteiger partial charge in [0.25, 0.3) is 11.7 Å². The van der Waals surface area contributed by atoms with Gasteiger partial charge in [0.2, 0.25) is 0 Å². The molecular weight excluding hydrogens is 508 g/mol. The number of hydrogen-bond donors (Lipinski definition) is 1. The van der Waals surface area contributed by atoms with Gasteiger partial charge in [-0.25, -0.2) is 4.98 Å². The minimum atomic E-state index is -0.882. The molecule has 40 heavy (non-hydrogen) atoms. The predicted octanol–water partition coefficient (Wildman–Crippen LogP) is 5.09. The van der Waals surface area contributed by atoms with Gasteiger partial charge in [0.15, 0.2) is 17.3 Å². The molecule has 0 aliphatic carbocycles. The van der Waals surface area contributed by atoms with E-state index in [-0.39, 0.29) is 17.9 Å². The SMILES string of the molecule is COc1cc(C2C(=C(O)c3c(C)nc4ccccn34)C(=O)C(=O)N2Cc2cccnc2)ccc1OCCC(C)C. The molecule has 9 heteroatoms. The van der Waals surface area contributed by atoms with Crippen molar-refractivity contribution in [2.24, 2.45) is 5.92 Å². The number of fused-ring (bicyclic) bond motifs is 1. The molecule has 1 N–H and O–H groups in total. The largest absolute Gasteiger partial charge is 0.505 e. The van der Waals surface area contributed by atoms with E-state index in [2.05, 4.69) is 23.8 Å². The van der Waals surface area contributed by atoms with Gasteiger partial charge in [-0.2, -0.15) is 0 Å². The zero-order valence-electron chi connectivity index (χ0n) is 23.0. The standard InChI is InChI=1S/C31H32N4O5/c1-19(2)12-15-40-23-11-10-22(16-24(23)39-4)28-26(29(36)27-20(3)33-25-9-5-6-14-34(25)27)30(37)31(38)35(28)18-21-8-7-13-32-17-21/h5-11,13-14,16-17,19,28,36H,12,15,18H2,1-4H3. The first-order valence-corrected chi connectivity index (χ1v) is 13.2. The number of ketones is 1. The summed E-state index contributed by atoms with van der Waals surface area (Å²) in [5.41, 5.74) is 2.85. The number of methoxy groups -OCH3 is 1. The van der Waals surface area contributed by atoms with Crippen molar-refractivity contribution in [1.29, 1.82) is 0 Å². The van der Waals surface area contributed by atoms with Crippen LogP contribution in [0.25, 0.3) is 11.4 Å². The number of aliphatic hydroxyl groups is 1. The third kappa shape index (κ3) is 5.02. The molecule has 206 valence electrons. The molecule has 1 amide bonds. The second-order valence-corrected chi connectivity index (χ2v) is 10.2. The number of aliphatic hydroxyl groups excluding tert-OH is 1. The van der Waals surface area contributed by atoms with Crippen LogP contribution in [0, 0.1) is 12.8 Å². The van der Waals surface area contributed by atoms with E-state index in [9.17, 15) is 14.7 Å². The highest BCUT2D eigenvalue weighted by Gasteiger charge is 2.47. The van der Waals surface area contributed by atoms with E-state index < -0.39 is 17.7 Å². The van der Waals surface area contributed by atoms with Crippen molar-refractivity contribution in [3.63, 3.8) is 0 Å². The Kier molecular flexibility index (Phi) is 7.55.